The van der Waals surface area contributed by atoms with Gasteiger partial charge in [0.1, 0.15) is 12.6 Å². The summed E-state index contributed by atoms with van der Waals surface area (Å²) in [6.07, 6.45) is -0.536. The van der Waals surface area contributed by atoms with Gasteiger partial charge in [0.15, 0.2) is 0 Å². The second-order valence-electron chi connectivity index (χ2n) is 4.11. The molecule has 10 heteroatoms. The van der Waals surface area contributed by atoms with E-state index in [2.05, 4.69) is 10.8 Å². The van der Waals surface area contributed by atoms with E-state index in [9.17, 15) is 14.4 Å². The summed E-state index contributed by atoms with van der Waals surface area (Å²) in [6, 6.07) is -1.25. The highest BCUT2D eigenvalue weighted by Gasteiger charge is 2.20. The number of nitrogens with one attached hydrogen (secondary N) is 2. The summed E-state index contributed by atoms with van der Waals surface area (Å²) >= 11 is 0. The van der Waals surface area contributed by atoms with Crippen LogP contribution in [0.15, 0.2) is 0 Å². The molecule has 4 N–H and O–H groups in total. The predicted molar refractivity (Wildman–Crippen MR) is 73.1 cm³/mol. The van der Waals surface area contributed by atoms with Gasteiger partial charge in [0.25, 0.3) is 0 Å². The molecule has 0 aromatic carbocycles. The van der Waals surface area contributed by atoms with Gasteiger partial charge < -0.3 is 25.0 Å². The Morgan fingerprint density at radius 3 is 2.27 bits per heavy atom. The highest BCUT2D eigenvalue weighted by Crippen LogP contribution is 1.98. The van der Waals surface area contributed by atoms with Crippen LogP contribution in [0.4, 0.5) is 0 Å². The van der Waals surface area contributed by atoms with Crippen molar-refractivity contribution in [3.63, 3.8) is 0 Å². The number of carboxylic acids is 2. The molecule has 0 aromatic rings. The number of amides is 1. The molecule has 0 rings (SSSR count). The number of rotatable bonds is 14. The van der Waals surface area contributed by atoms with Crippen molar-refractivity contribution in [1.82, 2.24) is 10.8 Å². The number of carbonyl (C=O) groups is 3. The first-order valence-corrected chi connectivity index (χ1v) is 6.65. The molecule has 0 saturated carbocycles. The van der Waals surface area contributed by atoms with Gasteiger partial charge in [-0.3, -0.25) is 14.4 Å². The average Bonchev–Trinajstić information content (AvgIpc) is 2.45. The molecular formula is C12H22N2O8. The molecule has 22 heavy (non-hydrogen) atoms. The van der Waals surface area contributed by atoms with Crippen LogP contribution in [0, 0.1) is 0 Å². The summed E-state index contributed by atoms with van der Waals surface area (Å²) in [7, 11) is 1.63. The molecule has 0 heterocycles. The van der Waals surface area contributed by atoms with Gasteiger partial charge in [0.2, 0.25) is 5.91 Å². The number of hydroxylamine groups is 1. The van der Waals surface area contributed by atoms with Gasteiger partial charge in [-0.2, -0.15) is 0 Å². The van der Waals surface area contributed by atoms with Crippen molar-refractivity contribution in [3.8, 4) is 0 Å². The number of carboxylic acid groups (broad SMARTS) is 2. The van der Waals surface area contributed by atoms with E-state index in [1.807, 2.05) is 0 Å². The van der Waals surface area contributed by atoms with Crippen LogP contribution in [0.3, 0.4) is 0 Å². The van der Waals surface area contributed by atoms with Crippen molar-refractivity contribution >= 4 is 17.8 Å². The largest absolute Gasteiger partial charge is 0.481 e. The zero-order valence-corrected chi connectivity index (χ0v) is 12.4. The maximum atomic E-state index is 11.5. The Labute approximate surface area is 127 Å². The lowest BCUT2D eigenvalue weighted by atomic mass is 10.1. The molecule has 0 radical (unpaired) electrons. The monoisotopic (exact) mass is 322 g/mol. The molecule has 0 fully saturated rings. The van der Waals surface area contributed by atoms with E-state index in [1.54, 1.807) is 7.05 Å². The summed E-state index contributed by atoms with van der Waals surface area (Å²) in [4.78, 5) is 37.5. The van der Waals surface area contributed by atoms with Crippen LogP contribution >= 0.6 is 0 Å². The van der Waals surface area contributed by atoms with Crippen LogP contribution in [0.1, 0.15) is 12.8 Å². The van der Waals surface area contributed by atoms with E-state index in [0.29, 0.717) is 13.2 Å². The summed E-state index contributed by atoms with van der Waals surface area (Å²) in [5, 5.41) is 19.6. The standard InChI is InChI=1S/C12H22N2O8/c1-13-22-7-6-20-4-5-21-8-10(15)14-9(12(18)19)2-3-11(16)17/h9,13H,2-8H2,1H3,(H,14,15)(H,16,17)(H,18,19)/t9-/m0/s1. The lowest BCUT2D eigenvalue weighted by Crippen LogP contribution is -2.42. The summed E-state index contributed by atoms with van der Waals surface area (Å²) in [5.41, 5.74) is 2.48. The van der Waals surface area contributed by atoms with E-state index in [4.69, 9.17) is 24.5 Å². The quantitative estimate of drug-likeness (QED) is 0.224. The molecule has 0 unspecified atom stereocenters. The highest BCUT2D eigenvalue weighted by atomic mass is 16.7. The summed E-state index contributed by atoms with van der Waals surface area (Å²) in [5.74, 6) is -3.05. The Morgan fingerprint density at radius 2 is 1.68 bits per heavy atom. The molecule has 1 amide bonds. The van der Waals surface area contributed by atoms with Crippen molar-refractivity contribution in [2.45, 2.75) is 18.9 Å². The van der Waals surface area contributed by atoms with Crippen LogP contribution in [-0.4, -0.2) is 74.2 Å². The van der Waals surface area contributed by atoms with E-state index in [1.165, 1.54) is 0 Å². The lowest BCUT2D eigenvalue weighted by Gasteiger charge is -2.13. The van der Waals surface area contributed by atoms with Gasteiger partial charge in [-0.15, -0.1) is 0 Å². The van der Waals surface area contributed by atoms with Gasteiger partial charge in [-0.05, 0) is 6.42 Å². The second-order valence-corrected chi connectivity index (χ2v) is 4.11. The Bertz CT molecular complexity index is 350. The topological polar surface area (TPSA) is 143 Å². The number of hydrogen-bond acceptors (Lipinski definition) is 7. The van der Waals surface area contributed by atoms with E-state index >= 15 is 0 Å². The van der Waals surface area contributed by atoms with Crippen molar-refractivity contribution in [2.24, 2.45) is 0 Å². The Morgan fingerprint density at radius 1 is 1.05 bits per heavy atom. The molecule has 10 nitrogen and oxygen atoms in total. The molecule has 0 saturated heterocycles. The molecule has 0 aliphatic heterocycles. The molecule has 0 aliphatic rings. The fourth-order valence-corrected chi connectivity index (χ4v) is 1.35. The molecule has 0 aromatic heterocycles. The summed E-state index contributed by atoms with van der Waals surface area (Å²) < 4.78 is 10.1. The van der Waals surface area contributed by atoms with Crippen LogP contribution in [-0.2, 0) is 28.7 Å². The van der Waals surface area contributed by atoms with Crippen molar-refractivity contribution < 1.29 is 38.9 Å². The Kier molecular flexibility index (Phi) is 11.9. The molecule has 0 aliphatic carbocycles. The van der Waals surface area contributed by atoms with Gasteiger partial charge in [0.05, 0.1) is 26.4 Å². The minimum Gasteiger partial charge on any atom is -0.481 e. The van der Waals surface area contributed by atoms with Crippen molar-refractivity contribution in [1.29, 1.82) is 0 Å². The molecule has 1 atom stereocenters. The lowest BCUT2D eigenvalue weighted by molar-refractivity contribution is -0.143. The van der Waals surface area contributed by atoms with Gasteiger partial charge in [-0.25, -0.2) is 10.3 Å². The minimum atomic E-state index is -1.29. The maximum Gasteiger partial charge on any atom is 0.326 e. The van der Waals surface area contributed by atoms with Gasteiger partial charge in [0, 0.05) is 13.5 Å². The van der Waals surface area contributed by atoms with Gasteiger partial charge >= 0.3 is 11.9 Å². The van der Waals surface area contributed by atoms with Crippen molar-refractivity contribution in [3.05, 3.63) is 0 Å². The normalized spacial score (nSPS) is 11.9. The Hall–Kier alpha value is -1.75. The predicted octanol–water partition coefficient (Wildman–Crippen LogP) is -1.40. The van der Waals surface area contributed by atoms with E-state index in [0.717, 1.165) is 0 Å². The van der Waals surface area contributed by atoms with Crippen LogP contribution < -0.4 is 10.8 Å². The second kappa shape index (κ2) is 13.0. The summed E-state index contributed by atoms with van der Waals surface area (Å²) in [6.45, 7) is 0.850. The molecule has 0 bridgehead atoms. The number of aliphatic carboxylic acids is 2. The highest BCUT2D eigenvalue weighted by molar-refractivity contribution is 5.84. The maximum absolute atomic E-state index is 11.5. The fraction of sp³-hybridized carbons (Fsp3) is 0.750. The number of hydrogen-bond donors (Lipinski definition) is 4. The molecule has 0 spiro atoms. The van der Waals surface area contributed by atoms with Crippen LogP contribution in [0.5, 0.6) is 0 Å². The van der Waals surface area contributed by atoms with E-state index in [-0.39, 0.29) is 32.7 Å². The molecular weight excluding hydrogens is 300 g/mol. The third-order valence-electron chi connectivity index (χ3n) is 2.36. The van der Waals surface area contributed by atoms with Gasteiger partial charge in [-0.1, -0.05) is 0 Å². The molecule has 128 valence electrons. The SMILES string of the molecule is CNOCCOCCOCC(=O)N[C@@H](CCC(=O)O)C(=O)O. The van der Waals surface area contributed by atoms with Crippen LogP contribution in [0.2, 0.25) is 0 Å². The smallest absolute Gasteiger partial charge is 0.326 e. The third kappa shape index (κ3) is 12.0. The average molecular weight is 322 g/mol. The number of carbonyl (C=O) groups excluding carboxylic acids is 1. The first-order valence-electron chi connectivity index (χ1n) is 6.65. The third-order valence-corrected chi connectivity index (χ3v) is 2.36. The minimum absolute atomic E-state index is 0.167. The Balaban J connectivity index is 3.72. The van der Waals surface area contributed by atoms with E-state index < -0.39 is 23.9 Å². The zero-order valence-electron chi connectivity index (χ0n) is 12.4. The first kappa shape index (κ1) is 20.2. The van der Waals surface area contributed by atoms with Crippen LogP contribution in [0.25, 0.3) is 0 Å². The number of ether oxygens (including phenoxy) is 2. The first-order chi connectivity index (χ1) is 10.5. The fourth-order valence-electron chi connectivity index (χ4n) is 1.35. The van der Waals surface area contributed by atoms with Crippen molar-refractivity contribution in [2.75, 3.05) is 40.1 Å². The zero-order chi connectivity index (χ0) is 16.8.